The minimum atomic E-state index is -0.100. The van der Waals surface area contributed by atoms with Crippen molar-refractivity contribution in [3.63, 3.8) is 0 Å². The van der Waals surface area contributed by atoms with Crippen LogP contribution in [0.1, 0.15) is 52.7 Å². The van der Waals surface area contributed by atoms with Crippen molar-refractivity contribution in [2.45, 2.75) is 52.4 Å². The zero-order valence-corrected chi connectivity index (χ0v) is 38.3. The fourth-order valence-corrected chi connectivity index (χ4v) is 11.9. The van der Waals surface area contributed by atoms with Crippen LogP contribution in [0.25, 0.3) is 137 Å². The maximum Gasteiger partial charge on any atom is 0.165 e. The number of hydrogen-bond donors (Lipinski definition) is 0. The SMILES string of the molecule is CC(C)(C)c1cc(-c2ccc3c(c2)c2ccccc2n3-c2ccccc2)c2c(c1)c1cc3ccccc3c3c4nc5c(nc4n2c13)c1cc(C(C)(C)C)cc2c3ccc4ccccc4c3n5c21. The van der Waals surface area contributed by atoms with Crippen LogP contribution in [0.5, 0.6) is 0 Å². The normalized spacial score (nSPS) is 13.2. The summed E-state index contributed by atoms with van der Waals surface area (Å²) in [5.41, 5.74) is 16.8. The Bertz CT molecular complexity index is 4620. The summed E-state index contributed by atoms with van der Waals surface area (Å²) < 4.78 is 7.33. The van der Waals surface area contributed by atoms with E-state index in [1.165, 1.54) is 109 Å². The average Bonchev–Trinajstić information content (AvgIpc) is 4.12. The first-order valence-electron chi connectivity index (χ1n) is 23.6. The smallest absolute Gasteiger partial charge is 0.165 e. The summed E-state index contributed by atoms with van der Waals surface area (Å²) in [4.78, 5) is 11.8. The molecule has 15 aromatic rings. The molecule has 0 spiro atoms. The minimum Gasteiger partial charge on any atom is -0.309 e. The van der Waals surface area contributed by atoms with E-state index in [1.54, 1.807) is 0 Å². The molecule has 9 aromatic carbocycles. The molecule has 0 radical (unpaired) electrons. The van der Waals surface area contributed by atoms with Gasteiger partial charge in [-0.3, -0.25) is 8.80 Å². The summed E-state index contributed by atoms with van der Waals surface area (Å²) >= 11 is 0. The van der Waals surface area contributed by atoms with Gasteiger partial charge in [-0.25, -0.2) is 9.97 Å². The van der Waals surface area contributed by atoms with Gasteiger partial charge in [-0.1, -0.05) is 145 Å². The fraction of sp³-hybridized carbons (Fsp3) is 0.129. The molecule has 6 heterocycles. The summed E-state index contributed by atoms with van der Waals surface area (Å²) in [6, 6.07) is 61.0. The summed E-state index contributed by atoms with van der Waals surface area (Å²) in [7, 11) is 0. The van der Waals surface area contributed by atoms with Gasteiger partial charge >= 0.3 is 0 Å². The Morgan fingerprint density at radius 3 is 1.75 bits per heavy atom. The lowest BCUT2D eigenvalue weighted by Crippen LogP contribution is -2.11. The van der Waals surface area contributed by atoms with Gasteiger partial charge in [-0.15, -0.1) is 0 Å². The average molecular weight is 860 g/mol. The first kappa shape index (κ1) is 37.2. The third-order valence-corrected chi connectivity index (χ3v) is 15.1. The van der Waals surface area contributed by atoms with E-state index in [2.05, 4.69) is 219 Å². The molecule has 318 valence electrons. The third kappa shape index (κ3) is 4.78. The molecule has 0 aliphatic rings. The number of fused-ring (bicyclic) bond motifs is 19. The van der Waals surface area contributed by atoms with Gasteiger partial charge in [0, 0.05) is 59.7 Å². The van der Waals surface area contributed by atoms with Crippen molar-refractivity contribution in [1.82, 2.24) is 23.3 Å². The standard InChI is InChI=1S/C62H45N5/c1-61(2,3)37-30-44(36-25-27-51-45(28-36)42-22-14-15-23-50(42)65(51)39-18-8-7-9-19-39)56-48(32-37)46-29-35-17-11-12-20-40(35)52-54-60(67(56)58(46)52)63-53-49-33-38(62(4,5)6)31-47-43-26-24-34-16-10-13-21-41(34)55(43)66(57(47)49)59(53)64-54/h7-33H,1-6H3. The van der Waals surface area contributed by atoms with E-state index < -0.39 is 0 Å². The number of benzene rings is 9. The Kier molecular flexibility index (Phi) is 6.92. The Morgan fingerprint density at radius 2 is 0.955 bits per heavy atom. The molecule has 0 aliphatic heterocycles. The van der Waals surface area contributed by atoms with E-state index in [4.69, 9.17) is 9.97 Å². The van der Waals surface area contributed by atoms with Crippen LogP contribution in [0, 0.1) is 0 Å². The molecule has 0 saturated heterocycles. The molecule has 0 unspecified atom stereocenters. The summed E-state index contributed by atoms with van der Waals surface area (Å²) in [6.07, 6.45) is 0. The van der Waals surface area contributed by atoms with Gasteiger partial charge < -0.3 is 4.57 Å². The fourth-order valence-electron chi connectivity index (χ4n) is 11.9. The molecule has 0 bridgehead atoms. The number of para-hydroxylation sites is 2. The van der Waals surface area contributed by atoms with Gasteiger partial charge in [0.15, 0.2) is 11.3 Å². The first-order chi connectivity index (χ1) is 32.5. The number of aromatic nitrogens is 5. The van der Waals surface area contributed by atoms with Crippen molar-refractivity contribution in [2.24, 2.45) is 0 Å². The second-order valence-electron chi connectivity index (χ2n) is 21.1. The highest BCUT2D eigenvalue weighted by atomic mass is 15.1. The van der Waals surface area contributed by atoms with E-state index in [0.29, 0.717) is 0 Å². The highest BCUT2D eigenvalue weighted by Crippen LogP contribution is 2.49. The van der Waals surface area contributed by atoms with Crippen LogP contribution in [-0.4, -0.2) is 23.3 Å². The van der Waals surface area contributed by atoms with Crippen molar-refractivity contribution in [1.29, 1.82) is 0 Å². The topological polar surface area (TPSA) is 39.5 Å². The monoisotopic (exact) mass is 859 g/mol. The van der Waals surface area contributed by atoms with Crippen LogP contribution in [0.4, 0.5) is 0 Å². The summed E-state index contributed by atoms with van der Waals surface area (Å²) in [6.45, 7) is 13.9. The summed E-state index contributed by atoms with van der Waals surface area (Å²) in [5, 5.41) is 14.6. The van der Waals surface area contributed by atoms with Gasteiger partial charge in [0.2, 0.25) is 0 Å². The van der Waals surface area contributed by atoms with Crippen LogP contribution in [0.15, 0.2) is 164 Å². The second-order valence-corrected chi connectivity index (χ2v) is 21.1. The molecule has 0 aliphatic carbocycles. The Balaban J connectivity index is 1.14. The van der Waals surface area contributed by atoms with Crippen molar-refractivity contribution >= 4 is 120 Å². The lowest BCUT2D eigenvalue weighted by Gasteiger charge is -2.21. The zero-order chi connectivity index (χ0) is 44.8. The first-order valence-corrected chi connectivity index (χ1v) is 23.6. The van der Waals surface area contributed by atoms with E-state index in [0.717, 1.165) is 38.8 Å². The Hall–Kier alpha value is -8.02. The third-order valence-electron chi connectivity index (χ3n) is 15.1. The number of rotatable bonds is 2. The van der Waals surface area contributed by atoms with Gasteiger partial charge in [-0.05, 0) is 104 Å². The molecule has 0 N–H and O–H groups in total. The molecule has 0 fully saturated rings. The maximum absolute atomic E-state index is 5.93. The predicted octanol–water partition coefficient (Wildman–Crippen LogP) is 16.4. The zero-order valence-electron chi connectivity index (χ0n) is 38.3. The quantitative estimate of drug-likeness (QED) is 0.174. The molecule has 0 amide bonds. The molecular formula is C62H45N5. The maximum atomic E-state index is 5.93. The van der Waals surface area contributed by atoms with E-state index in [-0.39, 0.29) is 10.8 Å². The predicted molar refractivity (Wildman–Crippen MR) is 284 cm³/mol. The summed E-state index contributed by atoms with van der Waals surface area (Å²) in [5.74, 6) is 0. The lowest BCUT2D eigenvalue weighted by atomic mass is 9.84. The van der Waals surface area contributed by atoms with E-state index in [1.807, 2.05) is 0 Å². The van der Waals surface area contributed by atoms with Crippen LogP contribution in [0.3, 0.4) is 0 Å². The molecule has 5 nitrogen and oxygen atoms in total. The van der Waals surface area contributed by atoms with Crippen molar-refractivity contribution in [3.05, 3.63) is 175 Å². The largest absolute Gasteiger partial charge is 0.309 e. The Morgan fingerprint density at radius 1 is 0.373 bits per heavy atom. The van der Waals surface area contributed by atoms with Crippen LogP contribution in [0.2, 0.25) is 0 Å². The van der Waals surface area contributed by atoms with Crippen molar-refractivity contribution in [3.8, 4) is 16.8 Å². The molecule has 67 heavy (non-hydrogen) atoms. The van der Waals surface area contributed by atoms with Gasteiger partial charge in [0.1, 0.15) is 11.0 Å². The van der Waals surface area contributed by atoms with Crippen LogP contribution >= 0.6 is 0 Å². The van der Waals surface area contributed by atoms with Gasteiger partial charge in [0.05, 0.1) is 33.1 Å². The van der Waals surface area contributed by atoms with Crippen LogP contribution in [-0.2, 0) is 10.8 Å². The second kappa shape index (κ2) is 12.4. The lowest BCUT2D eigenvalue weighted by molar-refractivity contribution is 0.591. The molecule has 6 aromatic heterocycles. The number of hydrogen-bond acceptors (Lipinski definition) is 2. The molecular weight excluding hydrogens is 815 g/mol. The van der Waals surface area contributed by atoms with Crippen molar-refractivity contribution < 1.29 is 0 Å². The van der Waals surface area contributed by atoms with Crippen molar-refractivity contribution in [2.75, 3.05) is 0 Å². The molecule has 0 atom stereocenters. The molecule has 15 rings (SSSR count). The van der Waals surface area contributed by atoms with Gasteiger partial charge in [0.25, 0.3) is 0 Å². The molecule has 0 saturated carbocycles. The van der Waals surface area contributed by atoms with Gasteiger partial charge in [-0.2, -0.15) is 0 Å². The Labute approximate surface area is 385 Å². The highest BCUT2D eigenvalue weighted by Gasteiger charge is 2.30. The highest BCUT2D eigenvalue weighted by molar-refractivity contribution is 6.33. The van der Waals surface area contributed by atoms with Crippen LogP contribution < -0.4 is 0 Å². The van der Waals surface area contributed by atoms with E-state index in [9.17, 15) is 0 Å². The van der Waals surface area contributed by atoms with E-state index >= 15 is 0 Å². The molecule has 5 heteroatoms. The number of nitrogens with zero attached hydrogens (tertiary/aromatic N) is 5. The minimum absolute atomic E-state index is 0.0744.